The molecule has 10 rings (SSSR count). The summed E-state index contributed by atoms with van der Waals surface area (Å²) >= 11 is 3.81. The highest BCUT2D eigenvalue weighted by molar-refractivity contribution is 9.10. The lowest BCUT2D eigenvalue weighted by molar-refractivity contribution is 0.131. The predicted molar refractivity (Wildman–Crippen MR) is 223 cm³/mol. The average Bonchev–Trinajstić information content (AvgIpc) is 3.60. The van der Waals surface area contributed by atoms with Crippen molar-refractivity contribution < 1.29 is 5.11 Å². The van der Waals surface area contributed by atoms with Gasteiger partial charge in [0, 0.05) is 48.9 Å². The van der Waals surface area contributed by atoms with Gasteiger partial charge in [-0.2, -0.15) is 0 Å². The second kappa shape index (κ2) is 11.9. The van der Waals surface area contributed by atoms with Crippen LogP contribution in [0.1, 0.15) is 41.7 Å². The summed E-state index contributed by atoms with van der Waals surface area (Å²) in [5, 5.41) is 15.4. The van der Waals surface area contributed by atoms with Crippen LogP contribution in [-0.2, 0) is 11.0 Å². The molecule has 1 atom stereocenters. The third-order valence-electron chi connectivity index (χ3n) is 11.6. The average molecular weight is 747 g/mol. The summed E-state index contributed by atoms with van der Waals surface area (Å²) in [6.45, 7) is 4.66. The fraction of sp³-hybridized carbons (Fsp3) is 0.0800. The maximum absolute atomic E-state index is 13.1. The zero-order chi connectivity index (χ0) is 35.9. The van der Waals surface area contributed by atoms with Crippen LogP contribution in [0, 0.1) is 0 Å². The third-order valence-corrected chi connectivity index (χ3v) is 12.2. The molecule has 2 aliphatic rings. The SMILES string of the molecule is CC1(C)c2ccccc2-c2cc(N(c3ccccc3)c3ccc(-c4ccccc4C4(O)c5ccccc5-c5c(Br)cccc54)c4ccccc34)ccc21. The quantitative estimate of drug-likeness (QED) is 0.190. The van der Waals surface area contributed by atoms with E-state index in [-0.39, 0.29) is 5.41 Å². The Morgan fingerprint density at radius 1 is 0.434 bits per heavy atom. The highest BCUT2D eigenvalue weighted by Crippen LogP contribution is 2.56. The number of anilines is 3. The first kappa shape index (κ1) is 32.0. The topological polar surface area (TPSA) is 23.5 Å². The number of para-hydroxylation sites is 1. The van der Waals surface area contributed by atoms with E-state index in [9.17, 15) is 5.11 Å². The Bertz CT molecular complexity index is 2750. The lowest BCUT2D eigenvalue weighted by Crippen LogP contribution is -2.27. The molecule has 8 aromatic carbocycles. The molecule has 2 aliphatic carbocycles. The van der Waals surface area contributed by atoms with Crippen molar-refractivity contribution in [3.8, 4) is 33.4 Å². The van der Waals surface area contributed by atoms with Crippen LogP contribution >= 0.6 is 15.9 Å². The standard InChI is InChI=1S/C50H36BrNO/c1-49(2)41-22-11-8-19-37(41)40-31-33(27-29-42(40)49)52(32-15-4-3-5-16-32)47-30-28-35(34-17-6-7-20-38(34)47)36-18-9-12-23-43(36)50(53)44-24-13-10-21-39(44)48-45(50)25-14-26-46(48)51/h3-31,53H,1-2H3. The van der Waals surface area contributed by atoms with Crippen molar-refractivity contribution in [1.82, 2.24) is 0 Å². The third kappa shape index (κ3) is 4.61. The van der Waals surface area contributed by atoms with E-state index in [2.05, 4.69) is 186 Å². The van der Waals surface area contributed by atoms with E-state index in [0.717, 1.165) is 71.3 Å². The van der Waals surface area contributed by atoms with Crippen LogP contribution in [0.5, 0.6) is 0 Å². The molecular weight excluding hydrogens is 710 g/mol. The van der Waals surface area contributed by atoms with Gasteiger partial charge in [-0.05, 0) is 80.7 Å². The van der Waals surface area contributed by atoms with E-state index in [1.54, 1.807) is 0 Å². The van der Waals surface area contributed by atoms with Crippen LogP contribution in [0.25, 0.3) is 44.2 Å². The van der Waals surface area contributed by atoms with Crippen molar-refractivity contribution in [2.45, 2.75) is 24.9 Å². The summed E-state index contributed by atoms with van der Waals surface area (Å²) < 4.78 is 0.977. The molecule has 0 aliphatic heterocycles. The second-order valence-electron chi connectivity index (χ2n) is 14.7. The van der Waals surface area contributed by atoms with Gasteiger partial charge in [0.15, 0.2) is 0 Å². The summed E-state index contributed by atoms with van der Waals surface area (Å²) in [5.41, 5.74) is 14.0. The Labute approximate surface area is 318 Å². The van der Waals surface area contributed by atoms with Crippen LogP contribution in [0.2, 0.25) is 0 Å². The van der Waals surface area contributed by atoms with Gasteiger partial charge in [-0.3, -0.25) is 0 Å². The molecule has 0 heterocycles. The first-order valence-electron chi connectivity index (χ1n) is 18.2. The molecule has 1 N–H and O–H groups in total. The number of fused-ring (bicyclic) bond motifs is 7. The largest absolute Gasteiger partial charge is 0.376 e. The Morgan fingerprint density at radius 3 is 1.75 bits per heavy atom. The van der Waals surface area contributed by atoms with Crippen LogP contribution in [0.15, 0.2) is 180 Å². The molecule has 8 aromatic rings. The summed E-state index contributed by atoms with van der Waals surface area (Å²) in [7, 11) is 0. The molecule has 2 nitrogen and oxygen atoms in total. The molecule has 53 heavy (non-hydrogen) atoms. The molecule has 0 radical (unpaired) electrons. The van der Waals surface area contributed by atoms with Gasteiger partial charge in [0.1, 0.15) is 5.60 Å². The van der Waals surface area contributed by atoms with Gasteiger partial charge in [0.05, 0.1) is 5.69 Å². The smallest absolute Gasteiger partial charge is 0.142 e. The monoisotopic (exact) mass is 745 g/mol. The molecule has 0 fully saturated rings. The highest BCUT2D eigenvalue weighted by atomic mass is 79.9. The molecule has 1 unspecified atom stereocenters. The van der Waals surface area contributed by atoms with E-state index in [1.807, 2.05) is 24.3 Å². The van der Waals surface area contributed by atoms with Crippen LogP contribution in [-0.4, -0.2) is 5.11 Å². The Morgan fingerprint density at radius 2 is 1.00 bits per heavy atom. The van der Waals surface area contributed by atoms with Crippen molar-refractivity contribution in [2.24, 2.45) is 0 Å². The number of hydrogen-bond donors (Lipinski definition) is 1. The first-order valence-corrected chi connectivity index (χ1v) is 19.0. The predicted octanol–water partition coefficient (Wildman–Crippen LogP) is 13.3. The fourth-order valence-electron chi connectivity index (χ4n) is 9.15. The van der Waals surface area contributed by atoms with Crippen molar-refractivity contribution in [2.75, 3.05) is 4.90 Å². The zero-order valence-electron chi connectivity index (χ0n) is 29.5. The summed E-state index contributed by atoms with van der Waals surface area (Å²) in [5.74, 6) is 0. The molecule has 254 valence electrons. The molecule has 0 aromatic heterocycles. The van der Waals surface area contributed by atoms with Crippen molar-refractivity contribution in [3.63, 3.8) is 0 Å². The summed E-state index contributed by atoms with van der Waals surface area (Å²) in [6, 6.07) is 62.4. The maximum atomic E-state index is 13.1. The molecule has 0 spiro atoms. The Kier molecular flexibility index (Phi) is 7.17. The number of hydrogen-bond acceptors (Lipinski definition) is 2. The molecule has 0 bridgehead atoms. The van der Waals surface area contributed by atoms with Gasteiger partial charge in [-0.15, -0.1) is 0 Å². The minimum atomic E-state index is -1.34. The van der Waals surface area contributed by atoms with Crippen LogP contribution in [0.3, 0.4) is 0 Å². The van der Waals surface area contributed by atoms with Gasteiger partial charge in [-0.25, -0.2) is 0 Å². The highest BCUT2D eigenvalue weighted by Gasteiger charge is 2.45. The molecule has 0 saturated carbocycles. The van der Waals surface area contributed by atoms with Gasteiger partial charge in [-0.1, -0.05) is 169 Å². The van der Waals surface area contributed by atoms with Gasteiger partial charge in [0.2, 0.25) is 0 Å². The number of nitrogens with zero attached hydrogens (tertiary/aromatic N) is 1. The van der Waals surface area contributed by atoms with Crippen LogP contribution in [0.4, 0.5) is 17.1 Å². The van der Waals surface area contributed by atoms with Gasteiger partial charge in [0.25, 0.3) is 0 Å². The maximum Gasteiger partial charge on any atom is 0.142 e. The molecule has 0 saturated heterocycles. The Balaban J connectivity index is 1.18. The molecule has 0 amide bonds. The second-order valence-corrected chi connectivity index (χ2v) is 15.6. The van der Waals surface area contributed by atoms with Crippen molar-refractivity contribution in [1.29, 1.82) is 0 Å². The number of rotatable bonds is 5. The molecule has 3 heteroatoms. The van der Waals surface area contributed by atoms with Gasteiger partial charge < -0.3 is 10.0 Å². The van der Waals surface area contributed by atoms with E-state index < -0.39 is 5.60 Å². The van der Waals surface area contributed by atoms with Crippen molar-refractivity contribution in [3.05, 3.63) is 208 Å². The number of aliphatic hydroxyl groups is 1. The normalized spacial score (nSPS) is 16.2. The van der Waals surface area contributed by atoms with Crippen molar-refractivity contribution >= 4 is 43.8 Å². The van der Waals surface area contributed by atoms with Gasteiger partial charge >= 0.3 is 0 Å². The van der Waals surface area contributed by atoms with E-state index >= 15 is 0 Å². The molecular formula is C50H36BrNO. The van der Waals surface area contributed by atoms with E-state index in [1.165, 1.54) is 22.3 Å². The zero-order valence-corrected chi connectivity index (χ0v) is 31.1. The van der Waals surface area contributed by atoms with E-state index in [0.29, 0.717) is 0 Å². The minimum absolute atomic E-state index is 0.0652. The Hall–Kier alpha value is -5.74. The summed E-state index contributed by atoms with van der Waals surface area (Å²) in [6.07, 6.45) is 0. The lowest BCUT2D eigenvalue weighted by Gasteiger charge is -2.30. The first-order chi connectivity index (χ1) is 25.9. The van der Waals surface area contributed by atoms with E-state index in [4.69, 9.17) is 0 Å². The lowest BCUT2D eigenvalue weighted by atomic mass is 9.79. The number of benzene rings is 8. The van der Waals surface area contributed by atoms with Crippen LogP contribution < -0.4 is 4.90 Å². The number of halogens is 1. The fourth-order valence-corrected chi connectivity index (χ4v) is 9.73. The minimum Gasteiger partial charge on any atom is -0.376 e. The summed E-state index contributed by atoms with van der Waals surface area (Å²) in [4.78, 5) is 2.39.